The third kappa shape index (κ3) is 5.36. The van der Waals surface area contributed by atoms with Gasteiger partial charge in [-0.1, -0.05) is 28.4 Å². The average Bonchev–Trinajstić information content (AvgIpc) is 2.85. The second-order valence-corrected chi connectivity index (χ2v) is 8.69. The van der Waals surface area contributed by atoms with E-state index in [4.69, 9.17) is 23.7 Å². The smallest absolute Gasteiger partial charge is 0.235 e. The van der Waals surface area contributed by atoms with Crippen LogP contribution in [0, 0.1) is 5.92 Å². The van der Waals surface area contributed by atoms with Crippen LogP contribution in [0.4, 0.5) is 5.69 Å². The molecule has 0 unspecified atom stereocenters. The monoisotopic (exact) mass is 537 g/mol. The molecule has 0 radical (unpaired) electrons. The number of unbranched alkanes of at least 4 members (excludes halogenated alkanes) is 2. The molecule has 1 fully saturated rings. The Morgan fingerprint density at radius 2 is 1.59 bits per heavy atom. The Morgan fingerprint density at radius 3 is 2.15 bits per heavy atom. The molecule has 9 heteroatoms. The van der Waals surface area contributed by atoms with E-state index in [-0.39, 0.29) is 23.6 Å². The number of ether oxygens (including phenoxy) is 5. The fourth-order valence-electron chi connectivity index (χ4n) is 4.16. The highest BCUT2D eigenvalue weighted by Gasteiger charge is 2.49. The summed E-state index contributed by atoms with van der Waals surface area (Å²) >= 11 is 3.43. The van der Waals surface area contributed by atoms with E-state index >= 15 is 0 Å². The maximum absolute atomic E-state index is 13.3. The number of halogens is 1. The normalized spacial score (nSPS) is 17.3. The topological polar surface area (TPSA) is 86.7 Å². The van der Waals surface area contributed by atoms with Crippen molar-refractivity contribution >= 4 is 27.5 Å². The number of amides is 1. The molecule has 1 N–H and O–H groups in total. The first-order chi connectivity index (χ1) is 16.5. The second-order valence-electron chi connectivity index (χ2n) is 7.90. The largest absolute Gasteiger partial charge is 0.504 e. The molecule has 2 aromatic rings. The maximum atomic E-state index is 13.3. The lowest BCUT2D eigenvalue weighted by atomic mass is 9.82. The fourth-order valence-corrected chi connectivity index (χ4v) is 4.56. The summed E-state index contributed by atoms with van der Waals surface area (Å²) in [4.78, 5) is 15.0. The van der Waals surface area contributed by atoms with E-state index < -0.39 is 0 Å². The van der Waals surface area contributed by atoms with Gasteiger partial charge in [0.15, 0.2) is 23.0 Å². The van der Waals surface area contributed by atoms with Crippen LogP contribution in [-0.2, 0) is 9.53 Å². The Balaban J connectivity index is 1.91. The van der Waals surface area contributed by atoms with Crippen molar-refractivity contribution in [2.24, 2.45) is 5.92 Å². The third-order valence-corrected chi connectivity index (χ3v) is 6.47. The lowest BCUT2D eigenvalue weighted by Gasteiger charge is -2.47. The Bertz CT molecular complexity index is 959. The van der Waals surface area contributed by atoms with E-state index in [1.165, 1.54) is 28.4 Å². The van der Waals surface area contributed by atoms with Crippen LogP contribution in [0.3, 0.4) is 0 Å². The minimum atomic E-state index is -0.386. The Labute approximate surface area is 208 Å². The first-order valence-corrected chi connectivity index (χ1v) is 12.3. The fraction of sp³-hybridized carbons (Fsp3) is 0.480. The number of β-lactam (4-membered cyclic amide) rings is 1. The van der Waals surface area contributed by atoms with Gasteiger partial charge in [-0.25, -0.2) is 0 Å². The van der Waals surface area contributed by atoms with Crippen LogP contribution in [0.2, 0.25) is 0 Å². The molecule has 0 aromatic heterocycles. The summed E-state index contributed by atoms with van der Waals surface area (Å²) in [6.45, 7) is 0.896. The van der Waals surface area contributed by atoms with Gasteiger partial charge in [0.2, 0.25) is 11.7 Å². The van der Waals surface area contributed by atoms with Gasteiger partial charge in [0, 0.05) is 24.1 Å². The van der Waals surface area contributed by atoms with Gasteiger partial charge in [-0.05, 0) is 30.5 Å². The minimum absolute atomic E-state index is 0.0126. The van der Waals surface area contributed by atoms with Gasteiger partial charge < -0.3 is 33.7 Å². The number of anilines is 1. The average molecular weight is 538 g/mol. The molecule has 2 aromatic carbocycles. The van der Waals surface area contributed by atoms with Crippen LogP contribution in [0.5, 0.6) is 28.7 Å². The van der Waals surface area contributed by atoms with E-state index in [1.54, 1.807) is 29.2 Å². The highest BCUT2D eigenvalue weighted by molar-refractivity contribution is 9.09. The van der Waals surface area contributed by atoms with Crippen LogP contribution in [-0.4, -0.2) is 58.0 Å². The van der Waals surface area contributed by atoms with Crippen molar-refractivity contribution in [3.63, 3.8) is 0 Å². The number of hydrogen-bond donors (Lipinski definition) is 1. The lowest BCUT2D eigenvalue weighted by Crippen LogP contribution is -2.57. The number of rotatable bonds is 13. The summed E-state index contributed by atoms with van der Waals surface area (Å²) in [7, 11) is 6.09. The molecule has 2 atom stereocenters. The van der Waals surface area contributed by atoms with Crippen LogP contribution in [0.15, 0.2) is 30.3 Å². The van der Waals surface area contributed by atoms with Gasteiger partial charge in [-0.3, -0.25) is 4.79 Å². The van der Waals surface area contributed by atoms with E-state index in [0.29, 0.717) is 41.9 Å². The number of benzene rings is 2. The van der Waals surface area contributed by atoms with Crippen molar-refractivity contribution in [1.29, 1.82) is 0 Å². The van der Waals surface area contributed by atoms with Crippen molar-refractivity contribution in [1.82, 2.24) is 0 Å². The number of alkyl halides is 1. The van der Waals surface area contributed by atoms with Crippen molar-refractivity contribution in [2.75, 3.05) is 51.9 Å². The molecule has 8 nitrogen and oxygen atoms in total. The summed E-state index contributed by atoms with van der Waals surface area (Å²) < 4.78 is 27.4. The molecular formula is C25H32BrNO7. The molecule has 1 aliphatic heterocycles. The molecule has 3 rings (SSSR count). The molecule has 0 bridgehead atoms. The Morgan fingerprint density at radius 1 is 0.912 bits per heavy atom. The number of hydrogen-bond acceptors (Lipinski definition) is 7. The van der Waals surface area contributed by atoms with Gasteiger partial charge in [-0.2, -0.15) is 0 Å². The zero-order valence-electron chi connectivity index (χ0n) is 20.0. The summed E-state index contributed by atoms with van der Waals surface area (Å²) in [5, 5.41) is 11.4. The van der Waals surface area contributed by atoms with E-state index in [1.807, 2.05) is 6.07 Å². The molecule has 34 heavy (non-hydrogen) atoms. The minimum Gasteiger partial charge on any atom is -0.504 e. The van der Waals surface area contributed by atoms with Crippen LogP contribution < -0.4 is 23.8 Å². The summed E-state index contributed by atoms with van der Waals surface area (Å²) in [6.07, 6.45) is 3.10. The lowest BCUT2D eigenvalue weighted by molar-refractivity contribution is -0.133. The Kier molecular flexibility index (Phi) is 9.29. The van der Waals surface area contributed by atoms with Crippen LogP contribution in [0.25, 0.3) is 0 Å². The molecule has 0 spiro atoms. The molecule has 0 saturated carbocycles. The number of phenolic OH excluding ortho intramolecular Hbond substituents is 1. The van der Waals surface area contributed by atoms with Crippen molar-refractivity contribution in [3.8, 4) is 28.7 Å². The molecule has 186 valence electrons. The van der Waals surface area contributed by atoms with Gasteiger partial charge >= 0.3 is 0 Å². The zero-order valence-corrected chi connectivity index (χ0v) is 21.6. The molecular weight excluding hydrogens is 506 g/mol. The SMILES string of the molecule is COc1ccc([C@H]2[C@@H](COCCCCCBr)C(=O)N2c2cc(OC)c(OC)c(OC)c2)cc1O. The first-order valence-electron chi connectivity index (χ1n) is 11.1. The van der Waals surface area contributed by atoms with Crippen LogP contribution >= 0.6 is 15.9 Å². The summed E-state index contributed by atoms with van der Waals surface area (Å²) in [6, 6.07) is 8.32. The molecule has 0 aliphatic carbocycles. The van der Waals surface area contributed by atoms with Crippen molar-refractivity contribution in [2.45, 2.75) is 25.3 Å². The quantitative estimate of drug-likeness (QED) is 0.225. The highest BCUT2D eigenvalue weighted by atomic mass is 79.9. The standard InChI is InChI=1S/C25H32BrNO7/c1-30-20-9-8-16(12-19(20)28)23-18(15-34-11-7-5-6-10-26)25(29)27(23)17-13-21(31-2)24(33-4)22(14-17)32-3/h8-9,12-14,18,23,28H,5-7,10-11,15H2,1-4H3/t18-,23+/m1/s1. The van der Waals surface area contributed by atoms with Crippen molar-refractivity contribution in [3.05, 3.63) is 35.9 Å². The number of phenols is 1. The number of aromatic hydroxyl groups is 1. The molecule has 1 heterocycles. The molecule has 1 aliphatic rings. The van der Waals surface area contributed by atoms with Gasteiger partial charge in [0.1, 0.15) is 0 Å². The molecule has 1 saturated heterocycles. The third-order valence-electron chi connectivity index (χ3n) is 5.91. The summed E-state index contributed by atoms with van der Waals surface area (Å²) in [5.74, 6) is 1.27. The van der Waals surface area contributed by atoms with E-state index in [9.17, 15) is 9.90 Å². The van der Waals surface area contributed by atoms with Gasteiger partial charge in [0.25, 0.3) is 0 Å². The first kappa shape index (κ1) is 26.0. The Hall–Kier alpha value is -2.65. The maximum Gasteiger partial charge on any atom is 0.235 e. The highest BCUT2D eigenvalue weighted by Crippen LogP contribution is 2.49. The predicted molar refractivity (Wildman–Crippen MR) is 133 cm³/mol. The predicted octanol–water partition coefficient (Wildman–Crippen LogP) is 4.71. The number of methoxy groups -OCH3 is 4. The van der Waals surface area contributed by atoms with E-state index in [2.05, 4.69) is 15.9 Å². The van der Waals surface area contributed by atoms with Crippen LogP contribution in [0.1, 0.15) is 30.9 Å². The number of carbonyl (C=O) groups is 1. The van der Waals surface area contributed by atoms with Crippen molar-refractivity contribution < 1.29 is 33.6 Å². The molecule has 1 amide bonds. The second kappa shape index (κ2) is 12.2. The van der Waals surface area contributed by atoms with Gasteiger partial charge in [-0.15, -0.1) is 0 Å². The number of carbonyl (C=O) groups excluding carboxylic acids is 1. The summed E-state index contributed by atoms with van der Waals surface area (Å²) in [5.41, 5.74) is 1.38. The number of nitrogens with zero attached hydrogens (tertiary/aromatic N) is 1. The van der Waals surface area contributed by atoms with E-state index in [0.717, 1.165) is 30.2 Å². The zero-order chi connectivity index (χ0) is 24.7. The van der Waals surface area contributed by atoms with Gasteiger partial charge in [0.05, 0.1) is 52.7 Å².